The summed E-state index contributed by atoms with van der Waals surface area (Å²) in [7, 11) is 0. The lowest BCUT2D eigenvalue weighted by Gasteiger charge is -2.18. The molecule has 2 amide bonds. The average Bonchev–Trinajstić information content (AvgIpc) is 3.05. The topological polar surface area (TPSA) is 131 Å². The number of phenols is 1. The number of aliphatic hydroxyl groups excluding tert-OH is 2. The Labute approximate surface area is 279 Å². The Morgan fingerprint density at radius 3 is 2.30 bits per heavy atom. The van der Waals surface area contributed by atoms with Crippen LogP contribution in [0.3, 0.4) is 0 Å². The van der Waals surface area contributed by atoms with E-state index in [0.29, 0.717) is 59.2 Å². The van der Waals surface area contributed by atoms with E-state index in [9.17, 15) is 24.9 Å². The van der Waals surface area contributed by atoms with Gasteiger partial charge in [-0.3, -0.25) is 9.59 Å². The molecule has 0 aliphatic carbocycles. The van der Waals surface area contributed by atoms with Gasteiger partial charge in [-0.2, -0.15) is 0 Å². The molecule has 0 heterocycles. The minimum Gasteiger partial charge on any atom is -0.508 e. The predicted molar refractivity (Wildman–Crippen MR) is 181 cm³/mol. The van der Waals surface area contributed by atoms with Crippen molar-refractivity contribution in [3.05, 3.63) is 134 Å². The highest BCUT2D eigenvalue weighted by atomic mass is 35.5. The number of nitrogens with one attached hydrogen (secondary N) is 3. The molecule has 0 aliphatic heterocycles. The van der Waals surface area contributed by atoms with Crippen LogP contribution in [0.25, 0.3) is 0 Å². The summed E-state index contributed by atoms with van der Waals surface area (Å²) in [5.41, 5.74) is 5.36. The van der Waals surface area contributed by atoms with Crippen molar-refractivity contribution in [3.8, 4) is 5.75 Å². The molecular weight excluding hydrogens is 625 g/mol. The summed E-state index contributed by atoms with van der Waals surface area (Å²) in [4.78, 5) is 25.2. The van der Waals surface area contributed by atoms with Crippen molar-refractivity contribution in [2.45, 2.75) is 51.5 Å². The van der Waals surface area contributed by atoms with Crippen LogP contribution >= 0.6 is 23.2 Å². The number of carbonyl (C=O) groups excluding carboxylic acids is 2. The molecule has 0 fully saturated rings. The second-order valence-corrected chi connectivity index (χ2v) is 12.1. The third-order valence-corrected chi connectivity index (χ3v) is 8.34. The summed E-state index contributed by atoms with van der Waals surface area (Å²) in [6.07, 6.45) is 0.782. The van der Waals surface area contributed by atoms with E-state index in [1.807, 2.05) is 49.4 Å². The van der Waals surface area contributed by atoms with Crippen LogP contribution in [0.4, 0.5) is 0 Å². The smallest absolute Gasteiger partial charge is 0.251 e. The van der Waals surface area contributed by atoms with Gasteiger partial charge in [0.25, 0.3) is 5.91 Å². The van der Waals surface area contributed by atoms with Crippen LogP contribution in [0.5, 0.6) is 5.75 Å². The molecule has 0 saturated carbocycles. The van der Waals surface area contributed by atoms with Crippen molar-refractivity contribution < 1.29 is 24.9 Å². The van der Waals surface area contributed by atoms with E-state index in [1.165, 1.54) is 6.07 Å². The number of benzene rings is 4. The number of aromatic hydroxyl groups is 1. The first-order chi connectivity index (χ1) is 22.1. The van der Waals surface area contributed by atoms with E-state index in [2.05, 4.69) is 16.0 Å². The largest absolute Gasteiger partial charge is 0.508 e. The van der Waals surface area contributed by atoms with Gasteiger partial charge in [-0.05, 0) is 84.0 Å². The molecule has 0 radical (unpaired) electrons. The molecule has 6 N–H and O–H groups in total. The van der Waals surface area contributed by atoms with Crippen LogP contribution in [0.2, 0.25) is 10.0 Å². The lowest BCUT2D eigenvalue weighted by molar-refractivity contribution is -0.120. The average molecular weight is 665 g/mol. The first-order valence-corrected chi connectivity index (χ1v) is 15.9. The number of hydrogen-bond donors (Lipinski definition) is 6. The fourth-order valence-electron chi connectivity index (χ4n) is 5.00. The molecule has 4 rings (SSSR count). The lowest BCUT2D eigenvalue weighted by Crippen LogP contribution is -2.32. The molecule has 0 aromatic heterocycles. The molecule has 0 bridgehead atoms. The zero-order valence-corrected chi connectivity index (χ0v) is 27.1. The van der Waals surface area contributed by atoms with E-state index >= 15 is 0 Å². The van der Waals surface area contributed by atoms with Gasteiger partial charge in [0.05, 0.1) is 29.2 Å². The van der Waals surface area contributed by atoms with Crippen molar-refractivity contribution in [3.63, 3.8) is 0 Å². The third-order valence-electron chi connectivity index (χ3n) is 7.61. The molecule has 0 saturated heterocycles. The maximum Gasteiger partial charge on any atom is 0.251 e. The van der Waals surface area contributed by atoms with Gasteiger partial charge >= 0.3 is 0 Å². The number of halogens is 2. The third kappa shape index (κ3) is 10.6. The maximum atomic E-state index is 12.7. The quantitative estimate of drug-likeness (QED) is 0.103. The standard InChI is InChI=1S/C36H39Cl2N3O5/c1-23(40-21-34(44)29-10-12-33(43)30(19-29)22-42)15-26-3-2-4-27(16-26)18-35(45)41-20-25-5-8-28(9-6-25)36(46)39-14-13-24-7-11-31(37)32(38)17-24/h2-12,16-17,19,23,34,40,42-44H,13-15,18,20-22H2,1H3,(H,39,46)(H,41,45)/t23?,34-/m0/s1. The van der Waals surface area contributed by atoms with Gasteiger partial charge in [0.1, 0.15) is 5.75 Å². The molecule has 0 aliphatic rings. The summed E-state index contributed by atoms with van der Waals surface area (Å²) in [6, 6.07) is 25.2. The van der Waals surface area contributed by atoms with Gasteiger partial charge in [-0.1, -0.05) is 71.7 Å². The SMILES string of the molecule is CC(Cc1cccc(CC(=O)NCc2ccc(C(=O)NCCc3ccc(Cl)c(Cl)c3)cc2)c1)NC[C@H](O)c1ccc(O)c(CO)c1. The second-order valence-electron chi connectivity index (χ2n) is 11.3. The van der Waals surface area contributed by atoms with E-state index in [0.717, 1.165) is 22.3 Å². The Bertz CT molecular complexity index is 1630. The summed E-state index contributed by atoms with van der Waals surface area (Å²) >= 11 is 12.0. The van der Waals surface area contributed by atoms with Crippen LogP contribution in [-0.2, 0) is 37.2 Å². The number of amides is 2. The fourth-order valence-corrected chi connectivity index (χ4v) is 5.32. The van der Waals surface area contributed by atoms with Gasteiger partial charge in [-0.25, -0.2) is 0 Å². The normalized spacial score (nSPS) is 12.4. The highest BCUT2D eigenvalue weighted by molar-refractivity contribution is 6.42. The molecule has 46 heavy (non-hydrogen) atoms. The molecule has 242 valence electrons. The highest BCUT2D eigenvalue weighted by Gasteiger charge is 2.13. The van der Waals surface area contributed by atoms with Crippen molar-refractivity contribution in [1.29, 1.82) is 0 Å². The zero-order chi connectivity index (χ0) is 33.1. The zero-order valence-electron chi connectivity index (χ0n) is 25.6. The van der Waals surface area contributed by atoms with Gasteiger partial charge in [0.2, 0.25) is 5.91 Å². The molecule has 4 aromatic carbocycles. The van der Waals surface area contributed by atoms with E-state index in [-0.39, 0.29) is 36.6 Å². The summed E-state index contributed by atoms with van der Waals surface area (Å²) in [5.74, 6) is -0.282. The van der Waals surface area contributed by atoms with Crippen LogP contribution in [0.1, 0.15) is 56.8 Å². The van der Waals surface area contributed by atoms with Gasteiger partial charge in [0, 0.05) is 36.8 Å². The van der Waals surface area contributed by atoms with E-state index in [1.54, 1.807) is 36.4 Å². The summed E-state index contributed by atoms with van der Waals surface area (Å²) in [5, 5.41) is 39.8. The summed E-state index contributed by atoms with van der Waals surface area (Å²) < 4.78 is 0. The van der Waals surface area contributed by atoms with Crippen molar-refractivity contribution in [2.24, 2.45) is 0 Å². The monoisotopic (exact) mass is 663 g/mol. The molecule has 4 aromatic rings. The molecule has 8 nitrogen and oxygen atoms in total. The Hall–Kier alpha value is -3.92. The van der Waals surface area contributed by atoms with Gasteiger partial charge < -0.3 is 31.3 Å². The van der Waals surface area contributed by atoms with Crippen LogP contribution in [-0.4, -0.2) is 46.3 Å². The number of aliphatic hydroxyl groups is 2. The predicted octanol–water partition coefficient (Wildman–Crippen LogP) is 5.28. The number of rotatable bonds is 15. The summed E-state index contributed by atoms with van der Waals surface area (Å²) in [6.45, 7) is 2.84. The molecule has 2 atom stereocenters. The second kappa shape index (κ2) is 17.1. The Kier molecular flexibility index (Phi) is 13.0. The van der Waals surface area contributed by atoms with Crippen molar-refractivity contribution >= 4 is 35.0 Å². The maximum absolute atomic E-state index is 12.7. The fraction of sp³-hybridized carbons (Fsp3) is 0.278. The first-order valence-electron chi connectivity index (χ1n) is 15.1. The molecule has 0 spiro atoms. The lowest BCUT2D eigenvalue weighted by atomic mass is 10.0. The molecule has 1 unspecified atom stereocenters. The van der Waals surface area contributed by atoms with Crippen LogP contribution in [0, 0.1) is 0 Å². The Balaban J connectivity index is 1.18. The number of carbonyl (C=O) groups is 2. The minimum atomic E-state index is -0.789. The van der Waals surface area contributed by atoms with Crippen LogP contribution < -0.4 is 16.0 Å². The van der Waals surface area contributed by atoms with Gasteiger partial charge in [0.15, 0.2) is 0 Å². The highest BCUT2D eigenvalue weighted by Crippen LogP contribution is 2.23. The van der Waals surface area contributed by atoms with Crippen molar-refractivity contribution in [1.82, 2.24) is 16.0 Å². The van der Waals surface area contributed by atoms with E-state index in [4.69, 9.17) is 23.2 Å². The Morgan fingerprint density at radius 1 is 0.826 bits per heavy atom. The van der Waals surface area contributed by atoms with Crippen LogP contribution in [0.15, 0.2) is 84.9 Å². The number of hydrogen-bond acceptors (Lipinski definition) is 6. The van der Waals surface area contributed by atoms with Gasteiger partial charge in [-0.15, -0.1) is 0 Å². The van der Waals surface area contributed by atoms with E-state index < -0.39 is 6.10 Å². The molecule has 10 heteroatoms. The first kappa shape index (κ1) is 34.9. The molecular formula is C36H39Cl2N3O5. The Morgan fingerprint density at radius 2 is 1.57 bits per heavy atom. The minimum absolute atomic E-state index is 0.00173. The van der Waals surface area contributed by atoms with Crippen molar-refractivity contribution in [2.75, 3.05) is 13.1 Å².